The van der Waals surface area contributed by atoms with Crippen molar-refractivity contribution in [2.24, 2.45) is 0 Å². The van der Waals surface area contributed by atoms with E-state index in [4.69, 9.17) is 27.6 Å². The molecule has 1 aromatic heterocycles. The zero-order chi connectivity index (χ0) is 15.2. The summed E-state index contributed by atoms with van der Waals surface area (Å²) in [6, 6.07) is 8.83. The highest BCUT2D eigenvalue weighted by molar-refractivity contribution is 7.84. The van der Waals surface area contributed by atoms with E-state index in [2.05, 4.69) is 12.2 Å². The van der Waals surface area contributed by atoms with Gasteiger partial charge in [0.1, 0.15) is 11.5 Å². The molecule has 0 aliphatic carbocycles. The summed E-state index contributed by atoms with van der Waals surface area (Å²) < 4.78 is 18.1. The lowest BCUT2D eigenvalue weighted by molar-refractivity contribution is 0.458. The van der Waals surface area contributed by atoms with E-state index < -0.39 is 10.8 Å². The quantitative estimate of drug-likeness (QED) is 0.756. The predicted molar refractivity (Wildman–Crippen MR) is 87.3 cm³/mol. The molecule has 1 heterocycles. The molecular formula is C15H17Cl2NO2S. The van der Waals surface area contributed by atoms with E-state index in [9.17, 15) is 4.21 Å². The van der Waals surface area contributed by atoms with Crippen LogP contribution in [0.15, 0.2) is 39.6 Å². The van der Waals surface area contributed by atoms with Crippen LogP contribution >= 0.6 is 23.2 Å². The van der Waals surface area contributed by atoms with Crippen molar-refractivity contribution in [3.8, 4) is 0 Å². The minimum atomic E-state index is -1.33. The topological polar surface area (TPSA) is 42.2 Å². The lowest BCUT2D eigenvalue weighted by Crippen LogP contribution is -2.13. The molecule has 114 valence electrons. The fraction of sp³-hybridized carbons (Fsp3) is 0.333. The first-order valence-corrected chi connectivity index (χ1v) is 8.80. The van der Waals surface area contributed by atoms with Gasteiger partial charge in [0.25, 0.3) is 0 Å². The molecule has 1 atom stereocenters. The van der Waals surface area contributed by atoms with Crippen molar-refractivity contribution in [2.45, 2.75) is 30.5 Å². The maximum Gasteiger partial charge on any atom is 0.118 e. The molecule has 0 amide bonds. The van der Waals surface area contributed by atoms with Gasteiger partial charge in [-0.15, -0.1) is 0 Å². The van der Waals surface area contributed by atoms with Crippen molar-refractivity contribution in [3.63, 3.8) is 0 Å². The first-order chi connectivity index (χ1) is 10.1. The van der Waals surface area contributed by atoms with Gasteiger partial charge in [0.15, 0.2) is 0 Å². The van der Waals surface area contributed by atoms with Gasteiger partial charge in [0.2, 0.25) is 0 Å². The molecule has 0 aliphatic heterocycles. The van der Waals surface area contributed by atoms with Gasteiger partial charge in [0, 0.05) is 0 Å². The van der Waals surface area contributed by atoms with E-state index in [1.807, 2.05) is 12.1 Å². The molecule has 0 saturated carbocycles. The number of benzene rings is 1. The monoisotopic (exact) mass is 345 g/mol. The number of hydrogen-bond acceptors (Lipinski definition) is 3. The third-order valence-electron chi connectivity index (χ3n) is 2.86. The summed E-state index contributed by atoms with van der Waals surface area (Å²) in [5, 5.41) is 4.08. The molecule has 3 nitrogen and oxygen atoms in total. The summed E-state index contributed by atoms with van der Waals surface area (Å²) >= 11 is 12.1. The van der Waals surface area contributed by atoms with Gasteiger partial charge in [-0.25, -0.2) is 0 Å². The lowest BCUT2D eigenvalue weighted by atomic mass is 10.4. The van der Waals surface area contributed by atoms with Gasteiger partial charge in [-0.05, 0) is 37.2 Å². The minimum Gasteiger partial charge on any atom is -0.464 e. The molecule has 0 spiro atoms. The minimum absolute atomic E-state index is 0.261. The molecule has 0 radical (unpaired) electrons. The van der Waals surface area contributed by atoms with Crippen molar-refractivity contribution >= 4 is 34.0 Å². The molecule has 1 aromatic carbocycles. The Labute approximate surface area is 137 Å². The average Bonchev–Trinajstić information content (AvgIpc) is 2.86. The first kappa shape index (κ1) is 16.6. The van der Waals surface area contributed by atoms with E-state index in [0.717, 1.165) is 18.7 Å². The molecule has 0 bridgehead atoms. The van der Waals surface area contributed by atoms with Crippen molar-refractivity contribution in [1.29, 1.82) is 0 Å². The standard InChI is InChI=1S/C15H17Cl2NO2S/c1-2-8-18-9-11-6-7-12(20-11)10-21(19)15-13(16)4-3-5-14(15)17/h3-7,18H,2,8-10H2,1H3. The Kier molecular flexibility index (Phi) is 6.30. The van der Waals surface area contributed by atoms with Gasteiger partial charge in [-0.2, -0.15) is 0 Å². The third-order valence-corrected chi connectivity index (χ3v) is 5.16. The molecule has 2 rings (SSSR count). The summed E-state index contributed by atoms with van der Waals surface area (Å²) in [7, 11) is -1.33. The molecule has 6 heteroatoms. The molecule has 21 heavy (non-hydrogen) atoms. The molecule has 2 aromatic rings. The van der Waals surface area contributed by atoms with Crippen molar-refractivity contribution in [2.75, 3.05) is 6.54 Å². The van der Waals surface area contributed by atoms with E-state index in [-0.39, 0.29) is 5.75 Å². The maximum absolute atomic E-state index is 12.4. The fourth-order valence-corrected chi connectivity index (χ4v) is 3.93. The van der Waals surface area contributed by atoms with Crippen LogP contribution in [0.3, 0.4) is 0 Å². The Balaban J connectivity index is 2.03. The molecule has 0 aliphatic rings. The van der Waals surface area contributed by atoms with Crippen LogP contribution in [0.25, 0.3) is 0 Å². The van der Waals surface area contributed by atoms with Gasteiger partial charge in [-0.1, -0.05) is 36.2 Å². The van der Waals surface area contributed by atoms with E-state index >= 15 is 0 Å². The number of halogens is 2. The number of rotatable bonds is 7. The van der Waals surface area contributed by atoms with E-state index in [0.29, 0.717) is 27.2 Å². The Morgan fingerprint density at radius 3 is 2.48 bits per heavy atom. The SMILES string of the molecule is CCCNCc1ccc(CS(=O)c2c(Cl)cccc2Cl)o1. The predicted octanol–water partition coefficient (Wildman–Crippen LogP) is 4.39. The van der Waals surface area contributed by atoms with Crippen LogP contribution in [-0.2, 0) is 23.1 Å². The number of hydrogen-bond donors (Lipinski definition) is 1. The Morgan fingerprint density at radius 2 is 1.81 bits per heavy atom. The van der Waals surface area contributed by atoms with Crippen LogP contribution in [0, 0.1) is 0 Å². The second-order valence-electron chi connectivity index (χ2n) is 4.59. The summed E-state index contributed by atoms with van der Waals surface area (Å²) in [6.45, 7) is 3.72. The van der Waals surface area contributed by atoms with Crippen LogP contribution in [0.1, 0.15) is 24.9 Å². The van der Waals surface area contributed by atoms with Crippen molar-refractivity contribution in [3.05, 3.63) is 51.9 Å². The van der Waals surface area contributed by atoms with Crippen molar-refractivity contribution in [1.82, 2.24) is 5.32 Å². The third kappa shape index (κ3) is 4.58. The second kappa shape index (κ2) is 7.99. The molecule has 1 unspecified atom stereocenters. The van der Waals surface area contributed by atoms with Crippen LogP contribution in [0.5, 0.6) is 0 Å². The summed E-state index contributed by atoms with van der Waals surface area (Å²) in [4.78, 5) is 0.461. The van der Waals surface area contributed by atoms with Crippen LogP contribution in [0.4, 0.5) is 0 Å². The zero-order valence-electron chi connectivity index (χ0n) is 11.7. The van der Waals surface area contributed by atoms with Crippen LogP contribution in [0.2, 0.25) is 10.0 Å². The summed E-state index contributed by atoms with van der Waals surface area (Å²) in [6.07, 6.45) is 1.07. The van der Waals surface area contributed by atoms with Gasteiger partial charge < -0.3 is 9.73 Å². The smallest absolute Gasteiger partial charge is 0.118 e. The average molecular weight is 346 g/mol. The number of furan rings is 1. The maximum atomic E-state index is 12.4. The first-order valence-electron chi connectivity index (χ1n) is 6.72. The Hall–Kier alpha value is -0.810. The van der Waals surface area contributed by atoms with Crippen molar-refractivity contribution < 1.29 is 8.63 Å². The zero-order valence-corrected chi connectivity index (χ0v) is 14.0. The number of nitrogens with one attached hydrogen (secondary N) is 1. The molecule has 1 N–H and O–H groups in total. The van der Waals surface area contributed by atoms with E-state index in [1.165, 1.54) is 0 Å². The highest BCUT2D eigenvalue weighted by Gasteiger charge is 2.15. The van der Waals surface area contributed by atoms with Crippen LogP contribution < -0.4 is 5.32 Å². The Morgan fingerprint density at radius 1 is 1.14 bits per heavy atom. The summed E-state index contributed by atoms with van der Waals surface area (Å²) in [5.41, 5.74) is 0. The lowest BCUT2D eigenvalue weighted by Gasteiger charge is -2.05. The fourth-order valence-electron chi connectivity index (χ4n) is 1.88. The van der Waals surface area contributed by atoms with Crippen LogP contribution in [-0.4, -0.2) is 10.8 Å². The Bertz CT molecular complexity index is 608. The van der Waals surface area contributed by atoms with Gasteiger partial charge in [-0.3, -0.25) is 4.21 Å². The largest absolute Gasteiger partial charge is 0.464 e. The normalized spacial score (nSPS) is 12.5. The van der Waals surface area contributed by atoms with E-state index in [1.54, 1.807) is 18.2 Å². The molecular weight excluding hydrogens is 329 g/mol. The summed E-state index contributed by atoms with van der Waals surface area (Å²) in [5.74, 6) is 1.76. The van der Waals surface area contributed by atoms with Gasteiger partial charge in [0.05, 0.1) is 38.0 Å². The highest BCUT2D eigenvalue weighted by Crippen LogP contribution is 2.29. The highest BCUT2D eigenvalue weighted by atomic mass is 35.5. The molecule has 0 fully saturated rings. The second-order valence-corrected chi connectivity index (χ2v) is 6.79. The molecule has 0 saturated heterocycles. The van der Waals surface area contributed by atoms with Gasteiger partial charge >= 0.3 is 0 Å².